The van der Waals surface area contributed by atoms with Crippen LogP contribution in [0.15, 0.2) is 18.2 Å². The zero-order valence-electron chi connectivity index (χ0n) is 8.98. The summed E-state index contributed by atoms with van der Waals surface area (Å²) in [4.78, 5) is 14.2. The number of fused-ring (bicyclic) bond motifs is 2. The van der Waals surface area contributed by atoms with Crippen molar-refractivity contribution in [2.75, 3.05) is 18.9 Å². The van der Waals surface area contributed by atoms with Gasteiger partial charge in [-0.3, -0.25) is 4.79 Å². The number of nitrogens with two attached hydrogens (primary N) is 1. The molecule has 1 aromatic carbocycles. The fraction of sp³-hybridized carbons (Fsp3) is 0.417. The fourth-order valence-electron chi connectivity index (χ4n) is 2.46. The molecule has 1 saturated heterocycles. The second kappa shape index (κ2) is 3.40. The van der Waals surface area contributed by atoms with E-state index in [0.29, 0.717) is 23.6 Å². The summed E-state index contributed by atoms with van der Waals surface area (Å²) in [5.41, 5.74) is 6.91. The van der Waals surface area contributed by atoms with Crippen LogP contribution in [0.3, 0.4) is 0 Å². The first-order valence-corrected chi connectivity index (χ1v) is 5.59. The Labute approximate surface area is 94.0 Å². The highest BCUT2D eigenvalue weighted by Crippen LogP contribution is 2.30. The van der Waals surface area contributed by atoms with E-state index >= 15 is 0 Å². The monoisotopic (exact) mass is 218 g/mol. The van der Waals surface area contributed by atoms with Gasteiger partial charge in [-0.15, -0.1) is 0 Å². The molecule has 1 amide bonds. The van der Waals surface area contributed by atoms with Crippen molar-refractivity contribution < 1.29 is 9.53 Å². The van der Waals surface area contributed by atoms with Crippen molar-refractivity contribution in [2.45, 2.75) is 18.9 Å². The summed E-state index contributed by atoms with van der Waals surface area (Å²) >= 11 is 0. The predicted octanol–water partition coefficient (Wildman–Crippen LogP) is 1.27. The number of carbonyl (C=O) groups is 1. The number of benzene rings is 1. The number of rotatable bonds is 0. The van der Waals surface area contributed by atoms with Crippen LogP contribution in [-0.4, -0.2) is 30.0 Å². The van der Waals surface area contributed by atoms with Crippen molar-refractivity contribution in [3.63, 3.8) is 0 Å². The second-order valence-corrected chi connectivity index (χ2v) is 4.36. The Bertz CT molecular complexity index is 445. The maximum Gasteiger partial charge on any atom is 0.258 e. The summed E-state index contributed by atoms with van der Waals surface area (Å²) < 4.78 is 5.67. The van der Waals surface area contributed by atoms with Gasteiger partial charge in [-0.05, 0) is 31.0 Å². The van der Waals surface area contributed by atoms with Crippen molar-refractivity contribution >= 4 is 11.6 Å². The van der Waals surface area contributed by atoms with Crippen LogP contribution >= 0.6 is 0 Å². The fourth-order valence-corrected chi connectivity index (χ4v) is 2.46. The minimum atomic E-state index is 0.0577. The molecule has 2 N–H and O–H groups in total. The summed E-state index contributed by atoms with van der Waals surface area (Å²) in [5.74, 6) is 0.718. The van der Waals surface area contributed by atoms with Gasteiger partial charge < -0.3 is 15.4 Å². The van der Waals surface area contributed by atoms with E-state index in [0.717, 1.165) is 19.4 Å². The molecule has 4 nitrogen and oxygen atoms in total. The smallest absolute Gasteiger partial charge is 0.258 e. The lowest BCUT2D eigenvalue weighted by Crippen LogP contribution is -2.36. The highest BCUT2D eigenvalue weighted by atomic mass is 16.5. The molecule has 0 radical (unpaired) electrons. The van der Waals surface area contributed by atoms with Crippen LogP contribution in [0.5, 0.6) is 5.75 Å². The number of hydrogen-bond donors (Lipinski definition) is 1. The van der Waals surface area contributed by atoms with Gasteiger partial charge in [0.05, 0.1) is 11.6 Å². The number of anilines is 1. The van der Waals surface area contributed by atoms with Gasteiger partial charge in [0.2, 0.25) is 0 Å². The molecule has 1 fully saturated rings. The Kier molecular flexibility index (Phi) is 2.02. The molecule has 0 aliphatic carbocycles. The summed E-state index contributed by atoms with van der Waals surface area (Å²) in [6.07, 6.45) is 2.10. The number of ether oxygens (including phenoxy) is 1. The first kappa shape index (κ1) is 9.51. The van der Waals surface area contributed by atoms with Crippen molar-refractivity contribution in [1.82, 2.24) is 4.90 Å². The number of nitrogen functional groups attached to an aromatic ring is 1. The van der Waals surface area contributed by atoms with E-state index in [-0.39, 0.29) is 11.9 Å². The van der Waals surface area contributed by atoms with Crippen LogP contribution in [0.2, 0.25) is 0 Å². The quantitative estimate of drug-likeness (QED) is 0.667. The van der Waals surface area contributed by atoms with Crippen molar-refractivity contribution in [3.05, 3.63) is 23.8 Å². The lowest BCUT2D eigenvalue weighted by Gasteiger charge is -2.20. The van der Waals surface area contributed by atoms with Gasteiger partial charge in [0.25, 0.3) is 5.91 Å². The van der Waals surface area contributed by atoms with Gasteiger partial charge in [-0.2, -0.15) is 0 Å². The molecule has 0 spiro atoms. The SMILES string of the molecule is Nc1ccc2c(c1)C(=O)N1CCC[C@H]1CO2. The van der Waals surface area contributed by atoms with Crippen LogP contribution in [-0.2, 0) is 0 Å². The first-order chi connectivity index (χ1) is 7.75. The lowest BCUT2D eigenvalue weighted by atomic mass is 10.1. The Morgan fingerprint density at radius 1 is 1.44 bits per heavy atom. The summed E-state index contributed by atoms with van der Waals surface area (Å²) in [6, 6.07) is 5.49. The standard InChI is InChI=1S/C12H14N2O2/c13-8-3-4-11-10(6-8)12(15)14-5-1-2-9(14)7-16-11/h3-4,6,9H,1-2,5,7,13H2/t9-/m0/s1. The lowest BCUT2D eigenvalue weighted by molar-refractivity contribution is 0.0726. The number of carbonyl (C=O) groups excluding carboxylic acids is 1. The Balaban J connectivity index is 2.06. The molecule has 1 aromatic rings. The summed E-state index contributed by atoms with van der Waals surface area (Å²) in [7, 11) is 0. The van der Waals surface area contributed by atoms with E-state index in [1.165, 1.54) is 0 Å². The van der Waals surface area contributed by atoms with Gasteiger partial charge in [0.1, 0.15) is 12.4 Å². The molecular formula is C12H14N2O2. The highest BCUT2D eigenvalue weighted by molar-refractivity contribution is 5.98. The maximum atomic E-state index is 12.3. The molecule has 0 bridgehead atoms. The molecule has 2 aliphatic rings. The average molecular weight is 218 g/mol. The molecule has 0 saturated carbocycles. The number of nitrogens with zero attached hydrogens (tertiary/aromatic N) is 1. The molecule has 2 heterocycles. The highest BCUT2D eigenvalue weighted by Gasteiger charge is 2.34. The number of hydrogen-bond acceptors (Lipinski definition) is 3. The van der Waals surface area contributed by atoms with Crippen molar-refractivity contribution in [3.8, 4) is 5.75 Å². The third-order valence-corrected chi connectivity index (χ3v) is 3.30. The minimum absolute atomic E-state index is 0.0577. The van der Waals surface area contributed by atoms with Gasteiger partial charge in [-0.25, -0.2) is 0 Å². The molecule has 1 atom stereocenters. The molecule has 2 aliphatic heterocycles. The largest absolute Gasteiger partial charge is 0.491 e. The van der Waals surface area contributed by atoms with E-state index in [9.17, 15) is 4.79 Å². The zero-order valence-corrected chi connectivity index (χ0v) is 8.98. The molecule has 3 rings (SSSR count). The van der Waals surface area contributed by atoms with E-state index in [1.54, 1.807) is 18.2 Å². The zero-order chi connectivity index (χ0) is 11.1. The normalized spacial score (nSPS) is 23.4. The van der Waals surface area contributed by atoms with Gasteiger partial charge in [-0.1, -0.05) is 0 Å². The molecule has 0 unspecified atom stereocenters. The maximum absolute atomic E-state index is 12.3. The third kappa shape index (κ3) is 1.33. The molecule has 16 heavy (non-hydrogen) atoms. The summed E-state index contributed by atoms with van der Waals surface area (Å²) in [6.45, 7) is 1.43. The van der Waals surface area contributed by atoms with Crippen LogP contribution in [0.4, 0.5) is 5.69 Å². The van der Waals surface area contributed by atoms with E-state index in [1.807, 2.05) is 4.90 Å². The van der Waals surface area contributed by atoms with Gasteiger partial charge in [0.15, 0.2) is 0 Å². The summed E-state index contributed by atoms with van der Waals surface area (Å²) in [5, 5.41) is 0. The molecule has 84 valence electrons. The van der Waals surface area contributed by atoms with Crippen LogP contribution in [0.25, 0.3) is 0 Å². The predicted molar refractivity (Wildman–Crippen MR) is 60.4 cm³/mol. The Hall–Kier alpha value is -1.71. The third-order valence-electron chi connectivity index (χ3n) is 3.30. The van der Waals surface area contributed by atoms with Crippen LogP contribution in [0.1, 0.15) is 23.2 Å². The number of amides is 1. The molecule has 0 aromatic heterocycles. The Morgan fingerprint density at radius 3 is 3.19 bits per heavy atom. The van der Waals surface area contributed by atoms with E-state index in [4.69, 9.17) is 10.5 Å². The minimum Gasteiger partial charge on any atom is -0.491 e. The molecular weight excluding hydrogens is 204 g/mol. The second-order valence-electron chi connectivity index (χ2n) is 4.36. The van der Waals surface area contributed by atoms with E-state index in [2.05, 4.69) is 0 Å². The van der Waals surface area contributed by atoms with Gasteiger partial charge in [0, 0.05) is 12.2 Å². The van der Waals surface area contributed by atoms with Crippen molar-refractivity contribution in [1.29, 1.82) is 0 Å². The van der Waals surface area contributed by atoms with Crippen LogP contribution < -0.4 is 10.5 Å². The average Bonchev–Trinajstić information content (AvgIpc) is 2.70. The Morgan fingerprint density at radius 2 is 2.31 bits per heavy atom. The van der Waals surface area contributed by atoms with Crippen molar-refractivity contribution in [2.24, 2.45) is 0 Å². The van der Waals surface area contributed by atoms with Crippen LogP contribution in [0, 0.1) is 0 Å². The molecule has 4 heteroatoms. The topological polar surface area (TPSA) is 55.6 Å². The first-order valence-electron chi connectivity index (χ1n) is 5.59. The van der Waals surface area contributed by atoms with E-state index < -0.39 is 0 Å². The van der Waals surface area contributed by atoms with Gasteiger partial charge >= 0.3 is 0 Å².